The first-order valence-corrected chi connectivity index (χ1v) is 7.54. The van der Waals surface area contributed by atoms with E-state index in [0.29, 0.717) is 11.5 Å². The molecule has 0 aliphatic carbocycles. The minimum Gasteiger partial charge on any atom is -0.516 e. The molecule has 1 unspecified atom stereocenters. The van der Waals surface area contributed by atoms with Gasteiger partial charge in [-0.1, -0.05) is 12.1 Å². The van der Waals surface area contributed by atoms with Crippen molar-refractivity contribution in [3.8, 4) is 11.3 Å². The molecular formula is C17H20N4O3. The van der Waals surface area contributed by atoms with Crippen LogP contribution in [-0.4, -0.2) is 45.3 Å². The lowest BCUT2D eigenvalue weighted by atomic mass is 10.1. The zero-order chi connectivity index (χ0) is 17.4. The van der Waals surface area contributed by atoms with Gasteiger partial charge >= 0.3 is 0 Å². The number of benzene rings is 1. The van der Waals surface area contributed by atoms with Crippen LogP contribution >= 0.6 is 0 Å². The average Bonchev–Trinajstić information content (AvgIpc) is 2.60. The number of amides is 1. The van der Waals surface area contributed by atoms with E-state index in [1.807, 2.05) is 6.92 Å². The largest absolute Gasteiger partial charge is 0.516 e. The number of carbonyl (C=O) groups is 1. The molecular weight excluding hydrogens is 308 g/mol. The van der Waals surface area contributed by atoms with Gasteiger partial charge in [0.25, 0.3) is 5.91 Å². The maximum Gasteiger partial charge on any atom is 0.251 e. The lowest BCUT2D eigenvalue weighted by molar-refractivity contribution is 0.0945. The zero-order valence-electron chi connectivity index (χ0n) is 13.3. The maximum atomic E-state index is 11.8. The standard InChI is InChI=1S/C17H20N4O3/c1-12(7-10-22)20-17-19-8-6-15(21-17)13-2-4-14(5-3-13)16(24)18-9-11-23/h2-8,10,12,22-23H,9,11H2,1H3,(H,18,24)(H,19,20,21). The fourth-order valence-electron chi connectivity index (χ4n) is 2.03. The van der Waals surface area contributed by atoms with Crippen molar-refractivity contribution >= 4 is 11.9 Å². The summed E-state index contributed by atoms with van der Waals surface area (Å²) in [5.74, 6) is 0.216. The number of hydrogen-bond donors (Lipinski definition) is 4. The Morgan fingerprint density at radius 2 is 2.04 bits per heavy atom. The van der Waals surface area contributed by atoms with Gasteiger partial charge in [-0.3, -0.25) is 4.79 Å². The molecule has 0 bridgehead atoms. The van der Waals surface area contributed by atoms with Crippen LogP contribution in [0.5, 0.6) is 0 Å². The minimum absolute atomic E-state index is 0.0928. The summed E-state index contributed by atoms with van der Waals surface area (Å²) < 4.78 is 0. The van der Waals surface area contributed by atoms with Crippen molar-refractivity contribution in [1.29, 1.82) is 0 Å². The predicted molar refractivity (Wildman–Crippen MR) is 91.7 cm³/mol. The van der Waals surface area contributed by atoms with E-state index >= 15 is 0 Å². The van der Waals surface area contributed by atoms with Crippen LogP contribution in [0.15, 0.2) is 48.9 Å². The van der Waals surface area contributed by atoms with Crippen molar-refractivity contribution < 1.29 is 15.0 Å². The Morgan fingerprint density at radius 3 is 2.71 bits per heavy atom. The number of hydrogen-bond acceptors (Lipinski definition) is 6. The fraction of sp³-hybridized carbons (Fsp3) is 0.235. The molecule has 0 saturated heterocycles. The first-order valence-electron chi connectivity index (χ1n) is 7.54. The van der Waals surface area contributed by atoms with E-state index in [1.54, 1.807) is 42.6 Å². The average molecular weight is 328 g/mol. The molecule has 1 heterocycles. The van der Waals surface area contributed by atoms with Crippen LogP contribution in [0.4, 0.5) is 5.95 Å². The highest BCUT2D eigenvalue weighted by atomic mass is 16.3. The Kier molecular flexibility index (Phi) is 6.27. The summed E-state index contributed by atoms with van der Waals surface area (Å²) in [6.07, 6.45) is 4.19. The van der Waals surface area contributed by atoms with Gasteiger partial charge in [0.2, 0.25) is 5.95 Å². The van der Waals surface area contributed by atoms with Crippen LogP contribution in [0.1, 0.15) is 17.3 Å². The van der Waals surface area contributed by atoms with Gasteiger partial charge in [-0.15, -0.1) is 0 Å². The van der Waals surface area contributed by atoms with Crippen molar-refractivity contribution in [3.63, 3.8) is 0 Å². The number of aliphatic hydroxyl groups excluding tert-OH is 2. The molecule has 2 aromatic rings. The molecule has 1 atom stereocenters. The third-order valence-electron chi connectivity index (χ3n) is 3.23. The molecule has 24 heavy (non-hydrogen) atoms. The summed E-state index contributed by atoms with van der Waals surface area (Å²) in [6.45, 7) is 2.00. The van der Waals surface area contributed by atoms with Crippen molar-refractivity contribution in [2.24, 2.45) is 0 Å². The Morgan fingerprint density at radius 1 is 1.29 bits per heavy atom. The van der Waals surface area contributed by atoms with E-state index < -0.39 is 0 Å². The van der Waals surface area contributed by atoms with Gasteiger partial charge in [0.15, 0.2) is 0 Å². The molecule has 7 heteroatoms. The monoisotopic (exact) mass is 328 g/mol. The maximum absolute atomic E-state index is 11.8. The van der Waals surface area contributed by atoms with Crippen LogP contribution in [0.2, 0.25) is 0 Å². The molecule has 1 aromatic carbocycles. The van der Waals surface area contributed by atoms with Crippen molar-refractivity contribution in [3.05, 3.63) is 54.4 Å². The molecule has 126 valence electrons. The van der Waals surface area contributed by atoms with E-state index in [1.165, 1.54) is 0 Å². The molecule has 7 nitrogen and oxygen atoms in total. The number of nitrogens with one attached hydrogen (secondary N) is 2. The van der Waals surface area contributed by atoms with E-state index in [4.69, 9.17) is 10.2 Å². The topological polar surface area (TPSA) is 107 Å². The second-order valence-electron chi connectivity index (χ2n) is 5.10. The third kappa shape index (κ3) is 4.79. The lowest BCUT2D eigenvalue weighted by Crippen LogP contribution is -2.26. The van der Waals surface area contributed by atoms with Gasteiger partial charge in [0.05, 0.1) is 18.6 Å². The van der Waals surface area contributed by atoms with Crippen molar-refractivity contribution in [2.75, 3.05) is 18.5 Å². The molecule has 1 amide bonds. The van der Waals surface area contributed by atoms with E-state index in [9.17, 15) is 4.79 Å². The molecule has 0 aliphatic heterocycles. The molecule has 2 rings (SSSR count). The SMILES string of the molecule is CC(C=CO)Nc1nccc(-c2ccc(C(=O)NCCO)cc2)n1. The third-order valence-corrected chi connectivity index (χ3v) is 3.23. The Balaban J connectivity index is 2.12. The Labute approximate surface area is 140 Å². The van der Waals surface area contributed by atoms with Gasteiger partial charge in [-0.05, 0) is 31.2 Å². The second-order valence-corrected chi connectivity index (χ2v) is 5.10. The van der Waals surface area contributed by atoms with Gasteiger partial charge in [-0.2, -0.15) is 0 Å². The van der Waals surface area contributed by atoms with Gasteiger partial charge in [-0.25, -0.2) is 9.97 Å². The summed E-state index contributed by atoms with van der Waals surface area (Å²) in [6, 6.07) is 8.68. The van der Waals surface area contributed by atoms with Crippen LogP contribution in [0, 0.1) is 0 Å². The van der Waals surface area contributed by atoms with Crippen LogP contribution in [0.25, 0.3) is 11.3 Å². The highest BCUT2D eigenvalue weighted by Gasteiger charge is 2.07. The fourth-order valence-corrected chi connectivity index (χ4v) is 2.03. The van der Waals surface area contributed by atoms with Crippen LogP contribution in [0.3, 0.4) is 0 Å². The molecule has 4 N–H and O–H groups in total. The van der Waals surface area contributed by atoms with Gasteiger partial charge < -0.3 is 20.8 Å². The summed E-state index contributed by atoms with van der Waals surface area (Å²) in [7, 11) is 0. The molecule has 0 spiro atoms. The van der Waals surface area contributed by atoms with Crippen molar-refractivity contribution in [1.82, 2.24) is 15.3 Å². The Bertz CT molecular complexity index is 701. The summed E-state index contributed by atoms with van der Waals surface area (Å²) >= 11 is 0. The number of aromatic nitrogens is 2. The number of rotatable bonds is 7. The summed E-state index contributed by atoms with van der Waals surface area (Å²) in [4.78, 5) is 20.4. The number of anilines is 1. The minimum atomic E-state index is -0.231. The Hall–Kier alpha value is -2.93. The van der Waals surface area contributed by atoms with E-state index in [2.05, 4.69) is 20.6 Å². The van der Waals surface area contributed by atoms with E-state index in [0.717, 1.165) is 17.5 Å². The normalized spacial score (nSPS) is 12.1. The molecule has 0 radical (unpaired) electrons. The first kappa shape index (κ1) is 17.4. The highest BCUT2D eigenvalue weighted by molar-refractivity contribution is 5.94. The van der Waals surface area contributed by atoms with E-state index in [-0.39, 0.29) is 25.1 Å². The quantitative estimate of drug-likeness (QED) is 0.577. The molecule has 0 aliphatic rings. The van der Waals surface area contributed by atoms with Gasteiger partial charge in [0.1, 0.15) is 0 Å². The molecule has 0 saturated carbocycles. The molecule has 0 fully saturated rings. The van der Waals surface area contributed by atoms with Gasteiger partial charge in [0, 0.05) is 29.9 Å². The summed E-state index contributed by atoms with van der Waals surface area (Å²) in [5.41, 5.74) is 2.08. The predicted octanol–water partition coefficient (Wildman–Crippen LogP) is 1.74. The lowest BCUT2D eigenvalue weighted by Gasteiger charge is -2.10. The second kappa shape index (κ2) is 8.64. The summed E-state index contributed by atoms with van der Waals surface area (Å²) in [5, 5.41) is 23.1. The smallest absolute Gasteiger partial charge is 0.251 e. The zero-order valence-corrected chi connectivity index (χ0v) is 13.3. The highest BCUT2D eigenvalue weighted by Crippen LogP contribution is 2.18. The number of carbonyl (C=O) groups excluding carboxylic acids is 1. The number of nitrogens with zero attached hydrogens (tertiary/aromatic N) is 2. The van der Waals surface area contributed by atoms with Crippen molar-refractivity contribution in [2.45, 2.75) is 13.0 Å². The van der Waals surface area contributed by atoms with Crippen LogP contribution < -0.4 is 10.6 Å². The molecule has 1 aromatic heterocycles. The number of aliphatic hydroxyl groups is 2. The first-order chi connectivity index (χ1) is 11.6. The van der Waals surface area contributed by atoms with Crippen LogP contribution in [-0.2, 0) is 0 Å².